The number of likely N-dealkylation sites (tertiary alicyclic amines) is 1. The van der Waals surface area contributed by atoms with Crippen LogP contribution in [-0.2, 0) is 16.0 Å². The summed E-state index contributed by atoms with van der Waals surface area (Å²) in [5.74, 6) is -1.70. The summed E-state index contributed by atoms with van der Waals surface area (Å²) in [6, 6.07) is 19.6. The van der Waals surface area contributed by atoms with Gasteiger partial charge in [0.15, 0.2) is 0 Å². The molecule has 3 aromatic carbocycles. The first kappa shape index (κ1) is 22.4. The molecule has 1 atom stereocenters. The molecule has 1 fully saturated rings. The van der Waals surface area contributed by atoms with E-state index >= 15 is 0 Å². The lowest BCUT2D eigenvalue weighted by atomic mass is 9.94. The van der Waals surface area contributed by atoms with Gasteiger partial charge in [-0.05, 0) is 42.3 Å². The molecule has 35 heavy (non-hydrogen) atoms. The Hall–Kier alpha value is -4.39. The molecule has 4 aromatic rings. The highest BCUT2D eigenvalue weighted by Gasteiger charge is 2.46. The monoisotopic (exact) mass is 470 g/mol. The third kappa shape index (κ3) is 3.95. The van der Waals surface area contributed by atoms with Crippen molar-refractivity contribution in [1.82, 2.24) is 9.88 Å². The number of ether oxygens (including phenoxy) is 1. The Morgan fingerprint density at radius 1 is 1.03 bits per heavy atom. The van der Waals surface area contributed by atoms with Gasteiger partial charge in [-0.1, -0.05) is 42.5 Å². The predicted octanol–water partition coefficient (Wildman–Crippen LogP) is 4.98. The number of hydrogen-bond acceptors (Lipinski definition) is 4. The molecular formula is C28H23FN2O4. The number of aromatic nitrogens is 1. The van der Waals surface area contributed by atoms with E-state index in [-0.39, 0.29) is 23.7 Å². The number of aromatic amines is 1. The van der Waals surface area contributed by atoms with E-state index in [1.807, 2.05) is 24.3 Å². The van der Waals surface area contributed by atoms with Gasteiger partial charge in [0.2, 0.25) is 0 Å². The van der Waals surface area contributed by atoms with Crippen LogP contribution in [0.1, 0.15) is 22.7 Å². The van der Waals surface area contributed by atoms with E-state index in [9.17, 15) is 19.1 Å². The van der Waals surface area contributed by atoms with Crippen molar-refractivity contribution >= 4 is 28.4 Å². The first-order valence-corrected chi connectivity index (χ1v) is 11.2. The van der Waals surface area contributed by atoms with Crippen LogP contribution < -0.4 is 4.74 Å². The Bertz CT molecular complexity index is 1460. The fraction of sp³-hybridized carbons (Fsp3) is 0.143. The summed E-state index contributed by atoms with van der Waals surface area (Å²) in [7, 11) is 1.48. The van der Waals surface area contributed by atoms with E-state index in [0.717, 1.165) is 16.5 Å². The van der Waals surface area contributed by atoms with Crippen LogP contribution in [0.3, 0.4) is 0 Å². The molecule has 176 valence electrons. The van der Waals surface area contributed by atoms with Gasteiger partial charge in [0, 0.05) is 29.2 Å². The smallest absolute Gasteiger partial charge is 0.295 e. The van der Waals surface area contributed by atoms with Crippen LogP contribution in [0, 0.1) is 5.82 Å². The minimum absolute atomic E-state index is 0.00311. The van der Waals surface area contributed by atoms with Crippen LogP contribution in [0.25, 0.3) is 16.7 Å². The van der Waals surface area contributed by atoms with Gasteiger partial charge in [0.1, 0.15) is 17.3 Å². The number of carbonyl (C=O) groups is 2. The van der Waals surface area contributed by atoms with E-state index < -0.39 is 17.7 Å². The van der Waals surface area contributed by atoms with Crippen molar-refractivity contribution in [2.75, 3.05) is 13.7 Å². The van der Waals surface area contributed by atoms with E-state index in [4.69, 9.17) is 4.74 Å². The van der Waals surface area contributed by atoms with Gasteiger partial charge in [-0.3, -0.25) is 9.59 Å². The Balaban J connectivity index is 1.64. The molecule has 0 spiro atoms. The minimum atomic E-state index is -0.809. The van der Waals surface area contributed by atoms with Crippen molar-refractivity contribution in [3.63, 3.8) is 0 Å². The topological polar surface area (TPSA) is 82.6 Å². The van der Waals surface area contributed by atoms with Crippen molar-refractivity contribution < 1.29 is 23.8 Å². The number of para-hydroxylation sites is 2. The number of aliphatic hydroxyl groups excluding tert-OH is 1. The number of Topliss-reactive ketones (excluding diaryl/α,β-unsaturated/α-hetero) is 1. The second-order valence-electron chi connectivity index (χ2n) is 8.36. The first-order valence-electron chi connectivity index (χ1n) is 11.2. The number of hydrogen-bond donors (Lipinski definition) is 2. The number of benzene rings is 3. The second kappa shape index (κ2) is 9.10. The summed E-state index contributed by atoms with van der Waals surface area (Å²) >= 11 is 0. The molecule has 1 aliphatic rings. The van der Waals surface area contributed by atoms with Crippen LogP contribution in [0.5, 0.6) is 5.75 Å². The largest absolute Gasteiger partial charge is 0.507 e. The molecule has 1 unspecified atom stereocenters. The number of ketones is 1. The zero-order valence-electron chi connectivity index (χ0n) is 19.0. The molecular weight excluding hydrogens is 447 g/mol. The second-order valence-corrected chi connectivity index (χ2v) is 8.36. The van der Waals surface area contributed by atoms with Gasteiger partial charge in [-0.2, -0.15) is 0 Å². The average molecular weight is 471 g/mol. The third-order valence-electron chi connectivity index (χ3n) is 6.37. The van der Waals surface area contributed by atoms with Crippen LogP contribution >= 0.6 is 0 Å². The molecule has 1 saturated heterocycles. The van der Waals surface area contributed by atoms with Gasteiger partial charge in [-0.25, -0.2) is 4.39 Å². The number of nitrogens with one attached hydrogen (secondary N) is 1. The first-order chi connectivity index (χ1) is 17.0. The van der Waals surface area contributed by atoms with Gasteiger partial charge in [0.25, 0.3) is 11.7 Å². The summed E-state index contributed by atoms with van der Waals surface area (Å²) in [5.41, 5.74) is 2.72. The standard InChI is InChI=1S/C28H23FN2O4/c1-35-23-9-5-3-7-20(23)26(32)24-25(21-16-30-22-8-4-2-6-19(21)22)31(28(34)27(24)33)15-14-17-10-12-18(29)13-11-17/h2-13,16,25,30,32H,14-15H2,1H3/b26-24+. The summed E-state index contributed by atoms with van der Waals surface area (Å²) in [4.78, 5) is 31.2. The van der Waals surface area contributed by atoms with Gasteiger partial charge in [-0.15, -0.1) is 0 Å². The van der Waals surface area contributed by atoms with Crippen molar-refractivity contribution in [3.8, 4) is 5.75 Å². The molecule has 0 bridgehead atoms. The summed E-state index contributed by atoms with van der Waals surface area (Å²) < 4.78 is 18.7. The molecule has 1 aliphatic heterocycles. The Labute approximate surface area is 201 Å². The molecule has 2 N–H and O–H groups in total. The average Bonchev–Trinajstić information content (AvgIpc) is 3.41. The number of fused-ring (bicyclic) bond motifs is 1. The maximum Gasteiger partial charge on any atom is 0.295 e. The Morgan fingerprint density at radius 2 is 1.74 bits per heavy atom. The SMILES string of the molecule is COc1ccccc1/C(O)=C1\C(=O)C(=O)N(CCc2ccc(F)cc2)C1c1c[nH]c2ccccc12. The highest BCUT2D eigenvalue weighted by Crippen LogP contribution is 2.43. The lowest BCUT2D eigenvalue weighted by Gasteiger charge is -2.25. The van der Waals surface area contributed by atoms with E-state index in [2.05, 4.69) is 4.98 Å². The number of methoxy groups -OCH3 is 1. The molecule has 7 heteroatoms. The van der Waals surface area contributed by atoms with Crippen molar-refractivity contribution in [2.24, 2.45) is 0 Å². The highest BCUT2D eigenvalue weighted by molar-refractivity contribution is 6.46. The lowest BCUT2D eigenvalue weighted by molar-refractivity contribution is -0.139. The maximum atomic E-state index is 13.3. The number of aliphatic hydroxyl groups is 1. The van der Waals surface area contributed by atoms with Gasteiger partial charge >= 0.3 is 0 Å². The zero-order valence-corrected chi connectivity index (χ0v) is 19.0. The Morgan fingerprint density at radius 3 is 2.51 bits per heavy atom. The maximum absolute atomic E-state index is 13.3. The van der Waals surface area contributed by atoms with Crippen molar-refractivity contribution in [2.45, 2.75) is 12.5 Å². The van der Waals surface area contributed by atoms with Crippen LogP contribution in [-0.4, -0.2) is 40.3 Å². The normalized spacial score (nSPS) is 17.3. The van der Waals surface area contributed by atoms with Gasteiger partial charge < -0.3 is 19.7 Å². The van der Waals surface area contributed by atoms with Gasteiger partial charge in [0.05, 0.1) is 24.3 Å². The lowest BCUT2D eigenvalue weighted by Crippen LogP contribution is -2.31. The number of amides is 1. The third-order valence-corrected chi connectivity index (χ3v) is 6.37. The number of halogens is 1. The number of rotatable bonds is 6. The fourth-order valence-corrected chi connectivity index (χ4v) is 4.64. The minimum Gasteiger partial charge on any atom is -0.507 e. The highest BCUT2D eigenvalue weighted by atomic mass is 19.1. The number of carbonyl (C=O) groups excluding carboxylic acids is 2. The van der Waals surface area contributed by atoms with Crippen molar-refractivity contribution in [3.05, 3.63) is 107 Å². The predicted molar refractivity (Wildman–Crippen MR) is 130 cm³/mol. The summed E-state index contributed by atoms with van der Waals surface area (Å²) in [5, 5.41) is 12.2. The fourth-order valence-electron chi connectivity index (χ4n) is 4.64. The van der Waals surface area contributed by atoms with E-state index in [0.29, 0.717) is 23.3 Å². The summed E-state index contributed by atoms with van der Waals surface area (Å²) in [6.07, 6.45) is 2.18. The van der Waals surface area contributed by atoms with E-state index in [1.54, 1.807) is 42.6 Å². The van der Waals surface area contributed by atoms with Crippen molar-refractivity contribution in [1.29, 1.82) is 0 Å². The van der Waals surface area contributed by atoms with Crippen LogP contribution in [0.4, 0.5) is 4.39 Å². The zero-order chi connectivity index (χ0) is 24.5. The molecule has 0 saturated carbocycles. The quantitative estimate of drug-likeness (QED) is 0.237. The summed E-state index contributed by atoms with van der Waals surface area (Å²) in [6.45, 7) is 0.211. The molecule has 1 aromatic heterocycles. The van der Waals surface area contributed by atoms with Crippen LogP contribution in [0.2, 0.25) is 0 Å². The molecule has 0 radical (unpaired) electrons. The number of H-pyrrole nitrogens is 1. The Kier molecular flexibility index (Phi) is 5.82. The molecule has 5 rings (SSSR count). The van der Waals surface area contributed by atoms with E-state index in [1.165, 1.54) is 24.1 Å². The number of nitrogens with zero attached hydrogens (tertiary/aromatic N) is 1. The molecule has 0 aliphatic carbocycles. The molecule has 6 nitrogen and oxygen atoms in total. The molecule has 2 heterocycles. The van der Waals surface area contributed by atoms with Crippen LogP contribution in [0.15, 0.2) is 84.6 Å². The molecule has 1 amide bonds.